The highest BCUT2D eigenvalue weighted by Gasteiger charge is 2.34. The number of carbonyl (C=O) groups excluding carboxylic acids is 2. The molecule has 0 spiro atoms. The Balaban J connectivity index is 1.89. The van der Waals surface area contributed by atoms with Gasteiger partial charge in [-0.3, -0.25) is 9.59 Å². The van der Waals surface area contributed by atoms with Crippen molar-refractivity contribution in [2.45, 2.75) is 26.3 Å². The van der Waals surface area contributed by atoms with Gasteiger partial charge in [0.2, 0.25) is 5.91 Å². The summed E-state index contributed by atoms with van der Waals surface area (Å²) >= 11 is 6.08. The minimum Gasteiger partial charge on any atom is -0.497 e. The summed E-state index contributed by atoms with van der Waals surface area (Å²) in [6, 6.07) is 14.7. The highest BCUT2D eigenvalue weighted by Crippen LogP contribution is 2.34. The van der Waals surface area contributed by atoms with Crippen LogP contribution < -0.4 is 4.74 Å². The van der Waals surface area contributed by atoms with Crippen molar-refractivity contribution in [3.8, 4) is 5.75 Å². The third kappa shape index (κ3) is 6.12. The summed E-state index contributed by atoms with van der Waals surface area (Å²) in [6.45, 7) is 4.27. The minimum atomic E-state index is -0.287. The van der Waals surface area contributed by atoms with Gasteiger partial charge in [-0.2, -0.15) is 5.10 Å². The van der Waals surface area contributed by atoms with E-state index in [1.807, 2.05) is 50.2 Å². The number of nitrogens with zero attached hydrogens (tertiary/aromatic N) is 3. The lowest BCUT2D eigenvalue weighted by Gasteiger charge is -2.28. The Kier molecular flexibility index (Phi) is 8.47. The molecule has 0 N–H and O–H groups in total. The Labute approximate surface area is 199 Å². The number of hydrogen-bond acceptors (Lipinski definition) is 5. The topological polar surface area (TPSA) is 71.4 Å². The van der Waals surface area contributed by atoms with E-state index >= 15 is 0 Å². The lowest BCUT2D eigenvalue weighted by atomic mass is 9.98. The number of methoxy groups -OCH3 is 2. The number of amides is 2. The third-order valence-corrected chi connectivity index (χ3v) is 5.79. The molecule has 1 aliphatic heterocycles. The first-order valence-electron chi connectivity index (χ1n) is 10.9. The summed E-state index contributed by atoms with van der Waals surface area (Å²) in [5, 5.41) is 6.81. The summed E-state index contributed by atoms with van der Waals surface area (Å²) in [6.07, 6.45) is 0.551. The molecule has 0 radical (unpaired) electrons. The van der Waals surface area contributed by atoms with Gasteiger partial charge in [0.1, 0.15) is 12.3 Å². The van der Waals surface area contributed by atoms with E-state index in [4.69, 9.17) is 21.1 Å². The Bertz CT molecular complexity index is 990. The SMILES string of the molecule is COCCN(CC(=O)N1N=C(c2ccc(OC)cc2)C[C@@H]1c1ccc(Cl)cc1)C(=O)C(C)C. The summed E-state index contributed by atoms with van der Waals surface area (Å²) in [5.74, 6) is 0.185. The number of rotatable bonds is 9. The van der Waals surface area contributed by atoms with Crippen LogP contribution >= 0.6 is 11.6 Å². The van der Waals surface area contributed by atoms with Crippen molar-refractivity contribution in [3.05, 3.63) is 64.7 Å². The molecular formula is C25H30ClN3O4. The van der Waals surface area contributed by atoms with Gasteiger partial charge in [0.15, 0.2) is 0 Å². The monoisotopic (exact) mass is 471 g/mol. The van der Waals surface area contributed by atoms with E-state index in [-0.39, 0.29) is 30.3 Å². The van der Waals surface area contributed by atoms with Crippen LogP contribution in [0.15, 0.2) is 53.6 Å². The first-order valence-corrected chi connectivity index (χ1v) is 11.3. The fraction of sp³-hybridized carbons (Fsp3) is 0.400. The van der Waals surface area contributed by atoms with Crippen LogP contribution in [0, 0.1) is 5.92 Å². The maximum absolute atomic E-state index is 13.4. The van der Waals surface area contributed by atoms with Gasteiger partial charge in [-0.05, 0) is 47.5 Å². The van der Waals surface area contributed by atoms with Gasteiger partial charge in [0.25, 0.3) is 5.91 Å². The van der Waals surface area contributed by atoms with E-state index in [0.717, 1.165) is 22.6 Å². The average Bonchev–Trinajstić information content (AvgIpc) is 3.27. The Hall–Kier alpha value is -2.90. The number of hydrogen-bond donors (Lipinski definition) is 0. The highest BCUT2D eigenvalue weighted by atomic mass is 35.5. The summed E-state index contributed by atoms with van der Waals surface area (Å²) in [4.78, 5) is 27.6. The standard InChI is InChI=1S/C25H30ClN3O4/c1-17(2)25(31)28(13-14-32-3)16-24(30)29-23(19-5-9-20(26)10-6-19)15-22(27-29)18-7-11-21(33-4)12-8-18/h5-12,17,23H,13-16H2,1-4H3/t23-/m1/s1. The van der Waals surface area contributed by atoms with E-state index < -0.39 is 0 Å². The number of ether oxygens (including phenoxy) is 2. The third-order valence-electron chi connectivity index (χ3n) is 5.54. The molecule has 33 heavy (non-hydrogen) atoms. The highest BCUT2D eigenvalue weighted by molar-refractivity contribution is 6.30. The van der Waals surface area contributed by atoms with E-state index in [1.165, 1.54) is 9.91 Å². The van der Waals surface area contributed by atoms with Crippen molar-refractivity contribution in [2.24, 2.45) is 11.0 Å². The van der Waals surface area contributed by atoms with Crippen LogP contribution in [0.25, 0.3) is 0 Å². The van der Waals surface area contributed by atoms with E-state index in [2.05, 4.69) is 5.10 Å². The van der Waals surface area contributed by atoms with Gasteiger partial charge in [-0.25, -0.2) is 5.01 Å². The maximum atomic E-state index is 13.4. The largest absolute Gasteiger partial charge is 0.497 e. The molecule has 1 atom stereocenters. The number of benzene rings is 2. The van der Waals surface area contributed by atoms with E-state index in [9.17, 15) is 9.59 Å². The second-order valence-corrected chi connectivity index (χ2v) is 8.63. The predicted molar refractivity (Wildman–Crippen MR) is 128 cm³/mol. The van der Waals surface area contributed by atoms with Gasteiger partial charge in [0.05, 0.1) is 25.5 Å². The molecule has 1 heterocycles. The quantitative estimate of drug-likeness (QED) is 0.550. The molecule has 7 nitrogen and oxygen atoms in total. The van der Waals surface area contributed by atoms with E-state index in [0.29, 0.717) is 24.6 Å². The zero-order chi connectivity index (χ0) is 24.0. The molecule has 0 saturated carbocycles. The first kappa shape index (κ1) is 24.7. The first-order chi connectivity index (χ1) is 15.8. The molecule has 176 valence electrons. The van der Waals surface area contributed by atoms with Crippen molar-refractivity contribution < 1.29 is 19.1 Å². The van der Waals surface area contributed by atoms with Crippen LogP contribution in [0.5, 0.6) is 5.75 Å². The van der Waals surface area contributed by atoms with Crippen molar-refractivity contribution in [1.29, 1.82) is 0 Å². The molecule has 2 amide bonds. The summed E-state index contributed by atoms with van der Waals surface area (Å²) in [5.41, 5.74) is 2.64. The smallest absolute Gasteiger partial charge is 0.262 e. The predicted octanol–water partition coefficient (Wildman–Crippen LogP) is 4.16. The molecule has 0 fully saturated rings. The van der Waals surface area contributed by atoms with Crippen LogP contribution in [-0.2, 0) is 14.3 Å². The molecule has 0 aromatic heterocycles. The van der Waals surface area contributed by atoms with Gasteiger partial charge < -0.3 is 14.4 Å². The Morgan fingerprint density at radius 2 is 1.79 bits per heavy atom. The van der Waals surface area contributed by atoms with Gasteiger partial charge in [-0.1, -0.05) is 37.6 Å². The second kappa shape index (κ2) is 11.3. The van der Waals surface area contributed by atoms with Crippen LogP contribution in [0.3, 0.4) is 0 Å². The zero-order valence-electron chi connectivity index (χ0n) is 19.5. The van der Waals surface area contributed by atoms with Crippen LogP contribution in [0.4, 0.5) is 0 Å². The zero-order valence-corrected chi connectivity index (χ0v) is 20.2. The summed E-state index contributed by atoms with van der Waals surface area (Å²) in [7, 11) is 3.19. The van der Waals surface area contributed by atoms with Gasteiger partial charge >= 0.3 is 0 Å². The number of hydrazone groups is 1. The number of carbonyl (C=O) groups is 2. The lowest BCUT2D eigenvalue weighted by Crippen LogP contribution is -2.44. The Morgan fingerprint density at radius 3 is 2.36 bits per heavy atom. The maximum Gasteiger partial charge on any atom is 0.262 e. The molecule has 0 unspecified atom stereocenters. The molecule has 3 rings (SSSR count). The molecule has 0 saturated heterocycles. The number of halogens is 1. The van der Waals surface area contributed by atoms with Crippen molar-refractivity contribution >= 4 is 29.1 Å². The summed E-state index contributed by atoms with van der Waals surface area (Å²) < 4.78 is 10.4. The Morgan fingerprint density at radius 1 is 1.12 bits per heavy atom. The molecule has 2 aromatic carbocycles. The van der Waals surface area contributed by atoms with Crippen molar-refractivity contribution in [1.82, 2.24) is 9.91 Å². The molecule has 0 aliphatic carbocycles. The van der Waals surface area contributed by atoms with Crippen LogP contribution in [-0.4, -0.2) is 61.4 Å². The van der Waals surface area contributed by atoms with Crippen molar-refractivity contribution in [2.75, 3.05) is 33.9 Å². The fourth-order valence-electron chi connectivity index (χ4n) is 3.71. The average molecular weight is 472 g/mol. The second-order valence-electron chi connectivity index (χ2n) is 8.19. The van der Waals surface area contributed by atoms with E-state index in [1.54, 1.807) is 26.4 Å². The van der Waals surface area contributed by atoms with Gasteiger partial charge in [0, 0.05) is 31.0 Å². The van der Waals surface area contributed by atoms with Crippen LogP contribution in [0.1, 0.15) is 37.4 Å². The molecule has 8 heteroatoms. The lowest BCUT2D eigenvalue weighted by molar-refractivity contribution is -0.143. The normalized spacial score (nSPS) is 15.5. The van der Waals surface area contributed by atoms with Gasteiger partial charge in [-0.15, -0.1) is 0 Å². The molecule has 2 aromatic rings. The minimum absolute atomic E-state index is 0.0656. The van der Waals surface area contributed by atoms with Crippen LogP contribution in [0.2, 0.25) is 5.02 Å². The molecule has 0 bridgehead atoms. The van der Waals surface area contributed by atoms with Crippen molar-refractivity contribution in [3.63, 3.8) is 0 Å². The molecular weight excluding hydrogens is 442 g/mol. The fourth-order valence-corrected chi connectivity index (χ4v) is 3.84. The molecule has 1 aliphatic rings.